The predicted molar refractivity (Wildman–Crippen MR) is 95.3 cm³/mol. The number of halogens is 1. The normalized spacial score (nSPS) is 20.6. The molecule has 0 radical (unpaired) electrons. The quantitative estimate of drug-likeness (QED) is 0.567. The first kappa shape index (κ1) is 17.8. The molecule has 1 aromatic carbocycles. The molecule has 2 saturated heterocycles. The van der Waals surface area contributed by atoms with Crippen molar-refractivity contribution in [1.82, 2.24) is 9.80 Å². The molecular weight excluding hydrogens is 390 g/mol. The number of amides is 2. The maximum atomic E-state index is 12.9. The number of piperidine rings is 1. The number of benzene rings is 1. The van der Waals surface area contributed by atoms with Crippen LogP contribution in [-0.4, -0.2) is 52.2 Å². The number of carbonyl (C=O) groups excluding carboxylic acids is 2. The van der Waals surface area contributed by atoms with E-state index in [9.17, 15) is 19.7 Å². The van der Waals surface area contributed by atoms with E-state index >= 15 is 0 Å². The minimum absolute atomic E-state index is 0.0113. The topological polar surface area (TPSA) is 83.8 Å². The first-order valence-corrected chi connectivity index (χ1v) is 9.32. The third kappa shape index (κ3) is 3.68. The highest BCUT2D eigenvalue weighted by atomic mass is 79.9. The standard InChI is InChI=1S/C17H20BrN3O4/c18-13-7-6-12(11-15(13)21(24)25)16(22)20-10-2-1-5-14(20)17(23)19-8-3-4-9-19/h6-7,11,14H,1-5,8-10H2. The second-order valence-corrected chi connectivity index (χ2v) is 7.32. The van der Waals surface area contributed by atoms with Crippen LogP contribution in [0.15, 0.2) is 22.7 Å². The third-order valence-corrected chi connectivity index (χ3v) is 5.53. The smallest absolute Gasteiger partial charge is 0.284 e. The lowest BCUT2D eigenvalue weighted by Gasteiger charge is -2.36. The zero-order valence-electron chi connectivity index (χ0n) is 13.8. The van der Waals surface area contributed by atoms with E-state index in [1.807, 2.05) is 4.90 Å². The van der Waals surface area contributed by atoms with Crippen molar-refractivity contribution in [2.75, 3.05) is 19.6 Å². The molecule has 25 heavy (non-hydrogen) atoms. The number of rotatable bonds is 3. The fraction of sp³-hybridized carbons (Fsp3) is 0.529. The van der Waals surface area contributed by atoms with Gasteiger partial charge in [0, 0.05) is 31.3 Å². The average Bonchev–Trinajstić information content (AvgIpc) is 3.15. The van der Waals surface area contributed by atoms with Gasteiger partial charge in [0.15, 0.2) is 0 Å². The van der Waals surface area contributed by atoms with Crippen LogP contribution in [0.3, 0.4) is 0 Å². The van der Waals surface area contributed by atoms with E-state index in [-0.39, 0.29) is 23.1 Å². The summed E-state index contributed by atoms with van der Waals surface area (Å²) in [5, 5.41) is 11.1. The molecule has 2 aliphatic heterocycles. The summed E-state index contributed by atoms with van der Waals surface area (Å²) >= 11 is 3.13. The molecular formula is C17H20BrN3O4. The number of carbonyl (C=O) groups is 2. The van der Waals surface area contributed by atoms with Crippen molar-refractivity contribution >= 4 is 33.4 Å². The third-order valence-electron chi connectivity index (χ3n) is 4.86. The van der Waals surface area contributed by atoms with Crippen LogP contribution < -0.4 is 0 Å². The lowest BCUT2D eigenvalue weighted by molar-refractivity contribution is -0.385. The zero-order chi connectivity index (χ0) is 18.0. The predicted octanol–water partition coefficient (Wildman–Crippen LogP) is 2.97. The number of likely N-dealkylation sites (tertiary alicyclic amines) is 2. The zero-order valence-corrected chi connectivity index (χ0v) is 15.4. The van der Waals surface area contributed by atoms with Gasteiger partial charge in [0.1, 0.15) is 6.04 Å². The molecule has 2 amide bonds. The van der Waals surface area contributed by atoms with Crippen molar-refractivity contribution < 1.29 is 14.5 Å². The molecule has 0 N–H and O–H groups in total. The Balaban J connectivity index is 1.84. The SMILES string of the molecule is O=C(C1CCCCN1C(=O)c1ccc(Br)c([N+](=O)[O-])c1)N1CCCC1. The van der Waals surface area contributed by atoms with Crippen molar-refractivity contribution in [3.8, 4) is 0 Å². The summed E-state index contributed by atoms with van der Waals surface area (Å²) in [7, 11) is 0. The Morgan fingerprint density at radius 2 is 1.80 bits per heavy atom. The summed E-state index contributed by atoms with van der Waals surface area (Å²) in [5.41, 5.74) is 0.0984. The van der Waals surface area contributed by atoms with E-state index in [1.54, 1.807) is 11.0 Å². The molecule has 0 saturated carbocycles. The highest BCUT2D eigenvalue weighted by molar-refractivity contribution is 9.10. The molecule has 1 unspecified atom stereocenters. The van der Waals surface area contributed by atoms with E-state index in [4.69, 9.17) is 0 Å². The molecule has 134 valence electrons. The van der Waals surface area contributed by atoms with Gasteiger partial charge in [-0.1, -0.05) is 0 Å². The van der Waals surface area contributed by atoms with E-state index in [2.05, 4.69) is 15.9 Å². The Morgan fingerprint density at radius 3 is 2.48 bits per heavy atom. The van der Waals surface area contributed by atoms with E-state index in [1.165, 1.54) is 12.1 Å². The van der Waals surface area contributed by atoms with Gasteiger partial charge in [-0.05, 0) is 60.2 Å². The van der Waals surface area contributed by atoms with Crippen LogP contribution in [0.1, 0.15) is 42.5 Å². The number of nitrogens with zero attached hydrogens (tertiary/aromatic N) is 3. The van der Waals surface area contributed by atoms with Crippen LogP contribution in [-0.2, 0) is 4.79 Å². The monoisotopic (exact) mass is 409 g/mol. The second kappa shape index (κ2) is 7.51. The summed E-state index contributed by atoms with van der Waals surface area (Å²) in [6.45, 7) is 2.01. The maximum Gasteiger partial charge on any atom is 0.284 e. The van der Waals surface area contributed by atoms with Gasteiger partial charge in [0.05, 0.1) is 9.40 Å². The van der Waals surface area contributed by atoms with Crippen LogP contribution in [0.4, 0.5) is 5.69 Å². The van der Waals surface area contributed by atoms with E-state index < -0.39 is 11.0 Å². The first-order valence-electron chi connectivity index (χ1n) is 8.53. The Hall–Kier alpha value is -1.96. The number of nitro groups is 1. The van der Waals surface area contributed by atoms with E-state index in [0.29, 0.717) is 17.4 Å². The van der Waals surface area contributed by atoms with E-state index in [0.717, 1.165) is 38.8 Å². The Bertz CT molecular complexity index is 703. The van der Waals surface area contributed by atoms with Crippen LogP contribution in [0.25, 0.3) is 0 Å². The van der Waals surface area contributed by atoms with Gasteiger partial charge in [-0.15, -0.1) is 0 Å². The summed E-state index contributed by atoms with van der Waals surface area (Å²) < 4.78 is 0.331. The fourth-order valence-electron chi connectivity index (χ4n) is 3.53. The Kier molecular flexibility index (Phi) is 5.36. The Morgan fingerprint density at radius 1 is 1.12 bits per heavy atom. The molecule has 1 atom stereocenters. The molecule has 7 nitrogen and oxygen atoms in total. The second-order valence-electron chi connectivity index (χ2n) is 6.47. The fourth-order valence-corrected chi connectivity index (χ4v) is 3.92. The van der Waals surface area contributed by atoms with Crippen LogP contribution in [0.5, 0.6) is 0 Å². The molecule has 0 bridgehead atoms. The first-order chi connectivity index (χ1) is 12.0. The van der Waals surface area contributed by atoms with Gasteiger partial charge >= 0.3 is 0 Å². The van der Waals surface area contributed by atoms with Crippen molar-refractivity contribution in [2.24, 2.45) is 0 Å². The van der Waals surface area contributed by atoms with Gasteiger partial charge in [0.25, 0.3) is 11.6 Å². The average molecular weight is 410 g/mol. The lowest BCUT2D eigenvalue weighted by atomic mass is 9.99. The molecule has 8 heteroatoms. The highest BCUT2D eigenvalue weighted by Crippen LogP contribution is 2.28. The van der Waals surface area contributed by atoms with Crippen LogP contribution >= 0.6 is 15.9 Å². The molecule has 1 aromatic rings. The van der Waals surface area contributed by atoms with Crippen molar-refractivity contribution in [3.05, 3.63) is 38.3 Å². The maximum absolute atomic E-state index is 12.9. The minimum atomic E-state index is -0.524. The molecule has 0 spiro atoms. The summed E-state index contributed by atoms with van der Waals surface area (Å²) in [6.07, 6.45) is 4.42. The number of hydrogen-bond acceptors (Lipinski definition) is 4. The largest absolute Gasteiger partial charge is 0.341 e. The summed E-state index contributed by atoms with van der Waals surface area (Å²) in [4.78, 5) is 39.7. The summed E-state index contributed by atoms with van der Waals surface area (Å²) in [6, 6.07) is 3.89. The summed E-state index contributed by atoms with van der Waals surface area (Å²) in [5.74, 6) is -0.301. The van der Waals surface area contributed by atoms with Gasteiger partial charge < -0.3 is 9.80 Å². The minimum Gasteiger partial charge on any atom is -0.341 e. The number of hydrogen-bond donors (Lipinski definition) is 0. The molecule has 0 aliphatic carbocycles. The van der Waals surface area contributed by atoms with Crippen molar-refractivity contribution in [2.45, 2.75) is 38.1 Å². The van der Waals surface area contributed by atoms with Gasteiger partial charge in [-0.2, -0.15) is 0 Å². The molecule has 3 rings (SSSR count). The van der Waals surface area contributed by atoms with Crippen LogP contribution in [0, 0.1) is 10.1 Å². The molecule has 2 heterocycles. The molecule has 2 fully saturated rings. The van der Waals surface area contributed by atoms with Gasteiger partial charge in [0.2, 0.25) is 5.91 Å². The molecule has 2 aliphatic rings. The molecule has 0 aromatic heterocycles. The Labute approximate surface area is 154 Å². The van der Waals surface area contributed by atoms with Crippen molar-refractivity contribution in [1.29, 1.82) is 0 Å². The van der Waals surface area contributed by atoms with Crippen molar-refractivity contribution in [3.63, 3.8) is 0 Å². The number of nitro benzene ring substituents is 1. The van der Waals surface area contributed by atoms with Gasteiger partial charge in [-0.3, -0.25) is 19.7 Å². The lowest BCUT2D eigenvalue weighted by Crippen LogP contribution is -2.52. The van der Waals surface area contributed by atoms with Crippen LogP contribution in [0.2, 0.25) is 0 Å². The van der Waals surface area contributed by atoms with Gasteiger partial charge in [-0.25, -0.2) is 0 Å². The highest BCUT2D eigenvalue weighted by Gasteiger charge is 2.36.